The molecule has 1 aliphatic carbocycles. The molecule has 0 spiro atoms. The fourth-order valence-electron chi connectivity index (χ4n) is 4.76. The fourth-order valence-corrected chi connectivity index (χ4v) is 5.87. The van der Waals surface area contributed by atoms with Crippen LogP contribution in [-0.2, 0) is 9.59 Å². The molecule has 3 aliphatic heterocycles. The number of piperidine rings is 1. The van der Waals surface area contributed by atoms with E-state index in [9.17, 15) is 14.4 Å². The molecule has 3 fully saturated rings. The number of aliphatic imine (C=N–C) groups is 1. The molecule has 3 amide bonds. The van der Waals surface area contributed by atoms with Gasteiger partial charge < -0.3 is 20.4 Å². The first-order valence-corrected chi connectivity index (χ1v) is 12.9. The van der Waals surface area contributed by atoms with E-state index < -0.39 is 5.25 Å². The minimum Gasteiger partial charge on any atom is -0.351 e. The van der Waals surface area contributed by atoms with Gasteiger partial charge in [0.1, 0.15) is 5.25 Å². The summed E-state index contributed by atoms with van der Waals surface area (Å²) in [4.78, 5) is 46.1. The highest BCUT2D eigenvalue weighted by Crippen LogP contribution is 2.30. The smallest absolute Gasteiger partial charge is 0.262 e. The largest absolute Gasteiger partial charge is 0.351 e. The first-order chi connectivity index (χ1) is 16.0. The van der Waals surface area contributed by atoms with Crippen LogP contribution in [0.5, 0.6) is 0 Å². The second-order valence-corrected chi connectivity index (χ2v) is 10.5. The van der Waals surface area contributed by atoms with E-state index >= 15 is 0 Å². The van der Waals surface area contributed by atoms with E-state index in [1.165, 1.54) is 24.6 Å². The molecule has 9 heteroatoms. The molecule has 33 heavy (non-hydrogen) atoms. The lowest BCUT2D eigenvalue weighted by molar-refractivity contribution is -0.121. The first-order valence-electron chi connectivity index (χ1n) is 12.0. The average Bonchev–Trinajstić information content (AvgIpc) is 3.39. The Hall–Kier alpha value is -2.39. The molecule has 8 nitrogen and oxygen atoms in total. The number of amides is 3. The lowest BCUT2D eigenvalue weighted by Crippen LogP contribution is -2.45. The summed E-state index contributed by atoms with van der Waals surface area (Å²) in [5.74, 6) is -0.525. The van der Waals surface area contributed by atoms with Crippen molar-refractivity contribution in [3.8, 4) is 0 Å². The number of likely N-dealkylation sites (tertiary alicyclic amines) is 2. The molecular formula is C24H31N5O3S. The van der Waals surface area contributed by atoms with Gasteiger partial charge in [0.05, 0.1) is 0 Å². The van der Waals surface area contributed by atoms with Crippen LogP contribution in [-0.4, -0.2) is 76.2 Å². The fraction of sp³-hybridized carbons (Fsp3) is 0.583. The molecule has 1 unspecified atom stereocenters. The Morgan fingerprint density at radius 3 is 2.36 bits per heavy atom. The summed E-state index contributed by atoms with van der Waals surface area (Å²) in [6, 6.07) is 7.94. The highest BCUT2D eigenvalue weighted by molar-refractivity contribution is 8.15. The van der Waals surface area contributed by atoms with E-state index in [0.29, 0.717) is 11.3 Å². The highest BCUT2D eigenvalue weighted by Gasteiger charge is 2.34. The van der Waals surface area contributed by atoms with Crippen LogP contribution >= 0.6 is 11.8 Å². The summed E-state index contributed by atoms with van der Waals surface area (Å²) in [6.45, 7) is 3.98. The third kappa shape index (κ3) is 5.58. The second kappa shape index (κ2) is 9.85. The molecule has 2 saturated heterocycles. The Morgan fingerprint density at radius 2 is 1.70 bits per heavy atom. The second-order valence-electron chi connectivity index (χ2n) is 9.38. The quantitative estimate of drug-likeness (QED) is 0.665. The number of carbonyl (C=O) groups excluding carboxylic acids is 3. The van der Waals surface area contributed by atoms with Gasteiger partial charge in [-0.2, -0.15) is 4.99 Å². The number of nitrogens with one attached hydrogen (secondary N) is 2. The normalized spacial score (nSPS) is 24.1. The van der Waals surface area contributed by atoms with Crippen molar-refractivity contribution >= 4 is 40.3 Å². The molecule has 176 valence electrons. The van der Waals surface area contributed by atoms with Crippen molar-refractivity contribution < 1.29 is 14.4 Å². The Kier molecular flexibility index (Phi) is 6.69. The first kappa shape index (κ1) is 22.4. The number of carbonyl (C=O) groups is 3. The summed E-state index contributed by atoms with van der Waals surface area (Å²) >= 11 is 1.39. The molecule has 1 atom stereocenters. The maximum absolute atomic E-state index is 12.6. The van der Waals surface area contributed by atoms with Crippen molar-refractivity contribution in [1.82, 2.24) is 15.1 Å². The molecule has 1 aromatic rings. The molecular weight excluding hydrogens is 438 g/mol. The Bertz CT molecular complexity index is 932. The zero-order valence-electron chi connectivity index (χ0n) is 18.8. The summed E-state index contributed by atoms with van der Waals surface area (Å²) in [6.07, 6.45) is 6.96. The predicted octanol–water partition coefficient (Wildman–Crippen LogP) is 2.47. The Labute approximate surface area is 198 Å². The van der Waals surface area contributed by atoms with Gasteiger partial charge >= 0.3 is 0 Å². The van der Waals surface area contributed by atoms with Crippen LogP contribution < -0.4 is 10.6 Å². The molecule has 0 aromatic heterocycles. The number of amidine groups is 1. The van der Waals surface area contributed by atoms with Crippen molar-refractivity contribution in [2.45, 2.75) is 62.3 Å². The van der Waals surface area contributed by atoms with Crippen LogP contribution in [0.3, 0.4) is 0 Å². The van der Waals surface area contributed by atoms with Gasteiger partial charge in [0, 0.05) is 55.9 Å². The third-order valence-corrected chi connectivity index (χ3v) is 8.05. The minimum atomic E-state index is -0.461. The summed E-state index contributed by atoms with van der Waals surface area (Å²) in [5, 5.41) is 6.27. The number of nitrogens with zero attached hydrogens (tertiary/aromatic N) is 3. The van der Waals surface area contributed by atoms with Crippen LogP contribution in [0.4, 0.5) is 5.69 Å². The van der Waals surface area contributed by atoms with E-state index in [-0.39, 0.29) is 30.2 Å². The highest BCUT2D eigenvalue weighted by atomic mass is 32.2. The van der Waals surface area contributed by atoms with Gasteiger partial charge in [-0.1, -0.05) is 11.8 Å². The third-order valence-electron chi connectivity index (χ3n) is 6.84. The monoisotopic (exact) mass is 469 g/mol. The van der Waals surface area contributed by atoms with Crippen LogP contribution in [0.2, 0.25) is 0 Å². The van der Waals surface area contributed by atoms with Crippen LogP contribution in [0.25, 0.3) is 0 Å². The van der Waals surface area contributed by atoms with Gasteiger partial charge in [-0.15, -0.1) is 0 Å². The number of rotatable bonds is 6. The number of thioether (sulfide) groups is 1. The SMILES string of the molecule is O=C(CC1SC(N2CCCC2)=NC1=O)Nc1ccc(C(=O)NC2CCN(C3CC3)CC2)cc1. The van der Waals surface area contributed by atoms with Gasteiger partial charge in [-0.3, -0.25) is 14.4 Å². The van der Waals surface area contributed by atoms with E-state index in [0.717, 1.165) is 63.1 Å². The molecule has 2 N–H and O–H groups in total. The van der Waals surface area contributed by atoms with Crippen molar-refractivity contribution in [2.24, 2.45) is 4.99 Å². The molecule has 1 saturated carbocycles. The van der Waals surface area contributed by atoms with Gasteiger partial charge in [0.25, 0.3) is 11.8 Å². The van der Waals surface area contributed by atoms with Crippen molar-refractivity contribution in [1.29, 1.82) is 0 Å². The van der Waals surface area contributed by atoms with Crippen LogP contribution in [0.15, 0.2) is 29.3 Å². The standard InChI is InChI=1S/C24H31N5O3S/c30-21(15-20-23(32)27-24(33-20)29-11-1-2-12-29)25-17-5-3-16(4-6-17)22(31)26-18-9-13-28(14-10-18)19-7-8-19/h3-6,18-20H,1-2,7-15H2,(H,25,30)(H,26,31). The molecule has 0 bridgehead atoms. The van der Waals surface area contributed by atoms with E-state index in [1.54, 1.807) is 24.3 Å². The van der Waals surface area contributed by atoms with Crippen LogP contribution in [0, 0.1) is 0 Å². The summed E-state index contributed by atoms with van der Waals surface area (Å²) in [7, 11) is 0. The van der Waals surface area contributed by atoms with Crippen molar-refractivity contribution in [3.05, 3.63) is 29.8 Å². The Morgan fingerprint density at radius 1 is 1.00 bits per heavy atom. The number of benzene rings is 1. The van der Waals surface area contributed by atoms with E-state index in [4.69, 9.17) is 0 Å². The summed E-state index contributed by atoms with van der Waals surface area (Å²) in [5.41, 5.74) is 1.20. The average molecular weight is 470 g/mol. The number of anilines is 1. The molecule has 0 radical (unpaired) electrons. The zero-order valence-corrected chi connectivity index (χ0v) is 19.6. The Balaban J connectivity index is 1.07. The van der Waals surface area contributed by atoms with Gasteiger partial charge in [-0.25, -0.2) is 0 Å². The molecule has 5 rings (SSSR count). The number of hydrogen-bond acceptors (Lipinski definition) is 6. The molecule has 1 aromatic carbocycles. The van der Waals surface area contributed by atoms with Crippen molar-refractivity contribution in [3.63, 3.8) is 0 Å². The lowest BCUT2D eigenvalue weighted by Gasteiger charge is -2.32. The van der Waals surface area contributed by atoms with Gasteiger partial charge in [-0.05, 0) is 62.8 Å². The minimum absolute atomic E-state index is 0.0720. The maximum Gasteiger partial charge on any atom is 0.262 e. The number of hydrogen-bond donors (Lipinski definition) is 2. The van der Waals surface area contributed by atoms with Gasteiger partial charge in [0.2, 0.25) is 5.91 Å². The van der Waals surface area contributed by atoms with Crippen molar-refractivity contribution in [2.75, 3.05) is 31.5 Å². The van der Waals surface area contributed by atoms with Crippen LogP contribution in [0.1, 0.15) is 55.3 Å². The zero-order chi connectivity index (χ0) is 22.8. The topological polar surface area (TPSA) is 94.1 Å². The summed E-state index contributed by atoms with van der Waals surface area (Å²) < 4.78 is 0. The lowest BCUT2D eigenvalue weighted by atomic mass is 10.0. The van der Waals surface area contributed by atoms with E-state index in [2.05, 4.69) is 25.4 Å². The van der Waals surface area contributed by atoms with Gasteiger partial charge in [0.15, 0.2) is 5.17 Å². The molecule has 3 heterocycles. The van der Waals surface area contributed by atoms with E-state index in [1.807, 2.05) is 0 Å². The molecule has 4 aliphatic rings. The predicted molar refractivity (Wildman–Crippen MR) is 129 cm³/mol. The maximum atomic E-state index is 12.6.